The quantitative estimate of drug-likeness (QED) is 0.568. The van der Waals surface area contributed by atoms with Crippen molar-refractivity contribution < 1.29 is 17.9 Å². The number of nitrogens with zero attached hydrogens (tertiary/aromatic N) is 1. The van der Waals surface area contributed by atoms with E-state index in [1.54, 1.807) is 60.7 Å². The molecule has 30 heavy (non-hydrogen) atoms. The van der Waals surface area contributed by atoms with Crippen molar-refractivity contribution in [2.75, 3.05) is 22.8 Å². The first kappa shape index (κ1) is 20.4. The van der Waals surface area contributed by atoms with Gasteiger partial charge in [0.15, 0.2) is 0 Å². The summed E-state index contributed by atoms with van der Waals surface area (Å²) in [6.45, 7) is 1.95. The minimum Gasteiger partial charge on any atom is -0.492 e. The maximum Gasteiger partial charge on any atom is 0.265 e. The van der Waals surface area contributed by atoms with E-state index >= 15 is 0 Å². The van der Waals surface area contributed by atoms with Crippen LogP contribution in [0.1, 0.15) is 6.92 Å². The number of nitrogens with one attached hydrogen (secondary N) is 1. The molecule has 0 saturated heterocycles. The van der Waals surface area contributed by atoms with Gasteiger partial charge in [0.05, 0.1) is 22.9 Å². The Kier molecular flexibility index (Phi) is 5.53. The summed E-state index contributed by atoms with van der Waals surface area (Å²) in [5, 5.41) is 2.77. The minimum absolute atomic E-state index is 0.179. The van der Waals surface area contributed by atoms with Crippen molar-refractivity contribution in [2.45, 2.75) is 11.8 Å². The number of sulfonamides is 1. The first-order chi connectivity index (χ1) is 14.4. The van der Waals surface area contributed by atoms with Crippen LogP contribution in [-0.4, -0.2) is 27.5 Å². The molecule has 3 aromatic carbocycles. The summed E-state index contributed by atoms with van der Waals surface area (Å²) in [6.07, 6.45) is 0. The van der Waals surface area contributed by atoms with Crippen molar-refractivity contribution in [3.8, 4) is 16.9 Å². The number of rotatable bonds is 5. The van der Waals surface area contributed by atoms with Crippen molar-refractivity contribution in [3.63, 3.8) is 0 Å². The molecule has 1 aliphatic rings. The molecular weight excluding hydrogens is 468 g/mol. The second-order valence-corrected chi connectivity index (χ2v) is 9.39. The molecule has 0 aromatic heterocycles. The van der Waals surface area contributed by atoms with Crippen LogP contribution in [0, 0.1) is 0 Å². The van der Waals surface area contributed by atoms with Gasteiger partial charge in [-0.3, -0.25) is 9.10 Å². The maximum atomic E-state index is 13.3. The molecule has 1 N–H and O–H groups in total. The molecule has 0 radical (unpaired) electrons. The third-order valence-electron chi connectivity index (χ3n) is 4.72. The van der Waals surface area contributed by atoms with E-state index in [1.807, 2.05) is 13.0 Å². The first-order valence-electron chi connectivity index (χ1n) is 9.35. The average molecular weight is 487 g/mol. The van der Waals surface area contributed by atoms with Crippen LogP contribution in [0.25, 0.3) is 11.1 Å². The number of benzene rings is 3. The molecule has 1 amide bonds. The number of para-hydroxylation sites is 2. The summed E-state index contributed by atoms with van der Waals surface area (Å²) >= 11 is 3.45. The Labute approximate surface area is 183 Å². The Morgan fingerprint density at radius 3 is 2.57 bits per heavy atom. The van der Waals surface area contributed by atoms with E-state index in [2.05, 4.69) is 21.2 Å². The van der Waals surface area contributed by atoms with E-state index in [-0.39, 0.29) is 11.4 Å². The molecule has 4 rings (SSSR count). The Balaban J connectivity index is 1.70. The zero-order valence-electron chi connectivity index (χ0n) is 16.1. The summed E-state index contributed by atoms with van der Waals surface area (Å²) in [6, 6.07) is 19.2. The fraction of sp³-hybridized carbons (Fsp3) is 0.136. The van der Waals surface area contributed by atoms with Crippen LogP contribution >= 0.6 is 15.9 Å². The molecule has 0 bridgehead atoms. The van der Waals surface area contributed by atoms with Crippen LogP contribution in [0.5, 0.6) is 5.75 Å². The van der Waals surface area contributed by atoms with Crippen molar-refractivity contribution in [3.05, 3.63) is 71.2 Å². The lowest BCUT2D eigenvalue weighted by Crippen LogP contribution is -2.40. The Hall–Kier alpha value is -2.84. The Morgan fingerprint density at radius 1 is 1.03 bits per heavy atom. The predicted molar refractivity (Wildman–Crippen MR) is 120 cm³/mol. The fourth-order valence-electron chi connectivity index (χ4n) is 3.45. The van der Waals surface area contributed by atoms with Crippen LogP contribution in [0.15, 0.2) is 76.1 Å². The third-order valence-corrected chi connectivity index (χ3v) is 7.03. The molecule has 8 heteroatoms. The Bertz CT molecular complexity index is 1230. The summed E-state index contributed by atoms with van der Waals surface area (Å²) < 4.78 is 34.1. The lowest BCUT2D eigenvalue weighted by molar-refractivity contribution is -0.114. The monoisotopic (exact) mass is 486 g/mol. The molecule has 0 atom stereocenters. The highest BCUT2D eigenvalue weighted by atomic mass is 79.9. The third kappa shape index (κ3) is 3.68. The summed E-state index contributed by atoms with van der Waals surface area (Å²) in [7, 11) is -3.89. The van der Waals surface area contributed by atoms with Crippen LogP contribution in [0.4, 0.5) is 11.4 Å². The minimum atomic E-state index is -3.89. The number of ether oxygens (including phenoxy) is 1. The van der Waals surface area contributed by atoms with Gasteiger partial charge < -0.3 is 10.1 Å². The fourth-order valence-corrected chi connectivity index (χ4v) is 5.46. The smallest absolute Gasteiger partial charge is 0.265 e. The van der Waals surface area contributed by atoms with Gasteiger partial charge in [-0.05, 0) is 43.3 Å². The largest absolute Gasteiger partial charge is 0.492 e. The highest BCUT2D eigenvalue weighted by Crippen LogP contribution is 2.43. The van der Waals surface area contributed by atoms with Crippen molar-refractivity contribution in [1.29, 1.82) is 0 Å². The van der Waals surface area contributed by atoms with Crippen LogP contribution in [0.2, 0.25) is 0 Å². The van der Waals surface area contributed by atoms with Crippen LogP contribution in [0.3, 0.4) is 0 Å². The molecule has 0 aliphatic carbocycles. The molecule has 0 unspecified atom stereocenters. The number of halogens is 1. The lowest BCUT2D eigenvalue weighted by Gasteiger charge is -2.31. The molecule has 1 aliphatic heterocycles. The number of anilines is 2. The van der Waals surface area contributed by atoms with Gasteiger partial charge in [0, 0.05) is 15.6 Å². The van der Waals surface area contributed by atoms with E-state index < -0.39 is 15.9 Å². The van der Waals surface area contributed by atoms with E-state index in [0.717, 1.165) is 14.3 Å². The zero-order valence-corrected chi connectivity index (χ0v) is 18.5. The average Bonchev–Trinajstić information content (AvgIpc) is 2.73. The zero-order chi connectivity index (χ0) is 21.3. The second kappa shape index (κ2) is 8.12. The molecule has 0 fully saturated rings. The lowest BCUT2D eigenvalue weighted by atomic mass is 10.0. The van der Waals surface area contributed by atoms with Gasteiger partial charge in [-0.15, -0.1) is 0 Å². The maximum absolute atomic E-state index is 13.3. The van der Waals surface area contributed by atoms with E-state index in [4.69, 9.17) is 4.74 Å². The van der Waals surface area contributed by atoms with E-state index in [1.165, 1.54) is 0 Å². The standard InChI is InChI=1S/C22H19BrN2O4S/c1-2-29-20-9-5-4-8-18(20)24-22(26)14-25-19-12-11-15(23)13-17(19)16-7-3-6-10-21(16)30(25,27)28/h3-13H,2,14H2,1H3,(H,24,26). The topological polar surface area (TPSA) is 75.7 Å². The van der Waals surface area contributed by atoms with Crippen LogP contribution < -0.4 is 14.4 Å². The summed E-state index contributed by atoms with van der Waals surface area (Å²) in [5.41, 5.74) is 2.32. The molecule has 154 valence electrons. The van der Waals surface area contributed by atoms with Gasteiger partial charge in [0.25, 0.3) is 10.0 Å². The number of fused-ring (bicyclic) bond motifs is 3. The van der Waals surface area contributed by atoms with E-state index in [0.29, 0.717) is 29.3 Å². The van der Waals surface area contributed by atoms with Gasteiger partial charge in [0.2, 0.25) is 5.91 Å². The Morgan fingerprint density at radius 2 is 1.77 bits per heavy atom. The second-order valence-electron chi connectivity index (χ2n) is 6.65. The predicted octanol–water partition coefficient (Wildman–Crippen LogP) is 4.66. The normalized spacial score (nSPS) is 13.9. The van der Waals surface area contributed by atoms with Crippen molar-refractivity contribution in [1.82, 2.24) is 0 Å². The number of hydrogen-bond donors (Lipinski definition) is 1. The van der Waals surface area contributed by atoms with Gasteiger partial charge in [-0.25, -0.2) is 8.42 Å². The molecule has 0 saturated carbocycles. The summed E-state index contributed by atoms with van der Waals surface area (Å²) in [5.74, 6) is 0.0727. The van der Waals surface area contributed by atoms with Crippen molar-refractivity contribution >= 4 is 43.2 Å². The van der Waals surface area contributed by atoms with Crippen LogP contribution in [-0.2, 0) is 14.8 Å². The molecule has 0 spiro atoms. The van der Waals surface area contributed by atoms with Crippen molar-refractivity contribution in [2.24, 2.45) is 0 Å². The van der Waals surface area contributed by atoms with E-state index in [9.17, 15) is 13.2 Å². The molecule has 6 nitrogen and oxygen atoms in total. The highest BCUT2D eigenvalue weighted by Gasteiger charge is 2.36. The van der Waals surface area contributed by atoms with Gasteiger partial charge >= 0.3 is 0 Å². The number of amides is 1. The summed E-state index contributed by atoms with van der Waals surface area (Å²) in [4.78, 5) is 13.0. The number of carbonyl (C=O) groups is 1. The highest BCUT2D eigenvalue weighted by molar-refractivity contribution is 9.10. The first-order valence-corrected chi connectivity index (χ1v) is 11.6. The molecular formula is C22H19BrN2O4S. The van der Waals surface area contributed by atoms with Gasteiger partial charge in [0.1, 0.15) is 12.3 Å². The SMILES string of the molecule is CCOc1ccccc1NC(=O)CN1c2ccc(Br)cc2-c2ccccc2S1(=O)=O. The molecule has 1 heterocycles. The number of carbonyl (C=O) groups excluding carboxylic acids is 1. The van der Waals surface area contributed by atoms with Gasteiger partial charge in [-0.2, -0.15) is 0 Å². The number of hydrogen-bond acceptors (Lipinski definition) is 4. The molecule has 3 aromatic rings. The van der Waals surface area contributed by atoms with Gasteiger partial charge in [-0.1, -0.05) is 46.3 Å².